The molecule has 0 aliphatic heterocycles. The van der Waals surface area contributed by atoms with Crippen molar-refractivity contribution in [3.8, 4) is 0 Å². The van der Waals surface area contributed by atoms with Crippen LogP contribution < -0.4 is 4.72 Å². The van der Waals surface area contributed by atoms with E-state index in [0.29, 0.717) is 18.6 Å². The first-order chi connectivity index (χ1) is 9.03. The zero-order valence-corrected chi connectivity index (χ0v) is 12.0. The Labute approximate surface area is 113 Å². The van der Waals surface area contributed by atoms with Crippen LogP contribution in [0.1, 0.15) is 25.3 Å². The van der Waals surface area contributed by atoms with Crippen molar-refractivity contribution in [1.82, 2.24) is 9.71 Å². The van der Waals surface area contributed by atoms with Crippen LogP contribution in [0.25, 0.3) is 0 Å². The quantitative estimate of drug-likeness (QED) is 0.734. The lowest BCUT2D eigenvalue weighted by Gasteiger charge is -2.16. The molecule has 0 aliphatic carbocycles. The van der Waals surface area contributed by atoms with E-state index in [1.807, 2.05) is 6.92 Å². The molecule has 19 heavy (non-hydrogen) atoms. The van der Waals surface area contributed by atoms with E-state index in [1.165, 1.54) is 25.4 Å². The number of methoxy groups -OCH3 is 1. The molecule has 1 atom stereocenters. The molecule has 7 heteroatoms. The van der Waals surface area contributed by atoms with Gasteiger partial charge in [0.05, 0.1) is 13.2 Å². The molecule has 0 spiro atoms. The molecular formula is C12H20N2O4S. The standard InChI is InChI=1S/C12H20N2O4S/c1-3-4-11(9-18-2)14-19(16,17)12-6-5-10(8-15)7-13-12/h5-7,11,14-15H,3-4,8-9H2,1-2H3. The van der Waals surface area contributed by atoms with Gasteiger partial charge >= 0.3 is 0 Å². The van der Waals surface area contributed by atoms with E-state index in [9.17, 15) is 8.42 Å². The summed E-state index contributed by atoms with van der Waals surface area (Å²) in [4.78, 5) is 3.84. The molecule has 2 N–H and O–H groups in total. The Kier molecular flexibility index (Phi) is 6.36. The molecule has 1 rings (SSSR count). The minimum absolute atomic E-state index is 0.0538. The lowest BCUT2D eigenvalue weighted by atomic mass is 10.2. The topological polar surface area (TPSA) is 88.5 Å². The summed E-state index contributed by atoms with van der Waals surface area (Å²) in [6, 6.07) is 2.65. The van der Waals surface area contributed by atoms with Gasteiger partial charge in [0.2, 0.25) is 0 Å². The number of rotatable bonds is 8. The molecule has 108 valence electrons. The zero-order valence-electron chi connectivity index (χ0n) is 11.2. The molecule has 0 aliphatic rings. The first-order valence-electron chi connectivity index (χ1n) is 6.10. The van der Waals surface area contributed by atoms with Crippen molar-refractivity contribution in [1.29, 1.82) is 0 Å². The van der Waals surface area contributed by atoms with E-state index in [0.717, 1.165) is 6.42 Å². The van der Waals surface area contributed by atoms with E-state index in [4.69, 9.17) is 9.84 Å². The van der Waals surface area contributed by atoms with Gasteiger partial charge in [-0.1, -0.05) is 19.4 Å². The Morgan fingerprint density at radius 3 is 2.68 bits per heavy atom. The first-order valence-corrected chi connectivity index (χ1v) is 7.58. The van der Waals surface area contributed by atoms with E-state index in [-0.39, 0.29) is 17.7 Å². The first kappa shape index (κ1) is 16.0. The van der Waals surface area contributed by atoms with Crippen molar-refractivity contribution in [3.63, 3.8) is 0 Å². The molecule has 0 saturated carbocycles. The van der Waals surface area contributed by atoms with Gasteiger partial charge in [-0.2, -0.15) is 0 Å². The number of hydrogen-bond donors (Lipinski definition) is 2. The minimum atomic E-state index is -3.65. The highest BCUT2D eigenvalue weighted by Crippen LogP contribution is 2.09. The van der Waals surface area contributed by atoms with Gasteiger partial charge in [0.1, 0.15) is 0 Å². The largest absolute Gasteiger partial charge is 0.392 e. The minimum Gasteiger partial charge on any atom is -0.392 e. The highest BCUT2D eigenvalue weighted by atomic mass is 32.2. The number of aliphatic hydroxyl groups excluding tert-OH is 1. The Morgan fingerprint density at radius 2 is 2.21 bits per heavy atom. The summed E-state index contributed by atoms with van der Waals surface area (Å²) < 4.78 is 31.8. The predicted octanol–water partition coefficient (Wildman–Crippen LogP) is 0.667. The summed E-state index contributed by atoms with van der Waals surface area (Å²) in [6.07, 6.45) is 2.90. The van der Waals surface area contributed by atoms with Crippen molar-refractivity contribution in [3.05, 3.63) is 23.9 Å². The van der Waals surface area contributed by atoms with Crippen molar-refractivity contribution in [2.24, 2.45) is 0 Å². The molecule has 1 aromatic heterocycles. The number of aliphatic hydroxyl groups is 1. The van der Waals surface area contributed by atoms with E-state index in [2.05, 4.69) is 9.71 Å². The SMILES string of the molecule is CCCC(COC)NS(=O)(=O)c1ccc(CO)cn1. The summed E-state index contributed by atoms with van der Waals surface area (Å²) >= 11 is 0. The summed E-state index contributed by atoms with van der Waals surface area (Å²) in [7, 11) is -2.12. The van der Waals surface area contributed by atoms with Crippen LogP contribution in [0.15, 0.2) is 23.4 Å². The molecular weight excluding hydrogens is 268 g/mol. The van der Waals surface area contributed by atoms with Gasteiger partial charge in [0.25, 0.3) is 10.0 Å². The number of pyridine rings is 1. The third-order valence-corrected chi connectivity index (χ3v) is 4.02. The average molecular weight is 288 g/mol. The maximum Gasteiger partial charge on any atom is 0.258 e. The zero-order chi connectivity index (χ0) is 14.3. The fourth-order valence-electron chi connectivity index (χ4n) is 1.67. The highest BCUT2D eigenvalue weighted by Gasteiger charge is 2.20. The van der Waals surface area contributed by atoms with Crippen LogP contribution in [0.5, 0.6) is 0 Å². The fraction of sp³-hybridized carbons (Fsp3) is 0.583. The Balaban J connectivity index is 2.83. The van der Waals surface area contributed by atoms with Gasteiger partial charge in [-0.3, -0.25) is 0 Å². The molecule has 6 nitrogen and oxygen atoms in total. The summed E-state index contributed by atoms with van der Waals surface area (Å²) in [6.45, 7) is 2.13. The molecule has 0 bridgehead atoms. The monoisotopic (exact) mass is 288 g/mol. The summed E-state index contributed by atoms with van der Waals surface area (Å²) in [5, 5.41) is 8.84. The summed E-state index contributed by atoms with van der Waals surface area (Å²) in [5.74, 6) is 0. The van der Waals surface area contributed by atoms with Crippen molar-refractivity contribution in [2.75, 3.05) is 13.7 Å². The highest BCUT2D eigenvalue weighted by molar-refractivity contribution is 7.89. The fourth-order valence-corrected chi connectivity index (χ4v) is 2.85. The van der Waals surface area contributed by atoms with Gasteiger partial charge in [-0.15, -0.1) is 0 Å². The third kappa shape index (κ3) is 4.87. The Hall–Kier alpha value is -1.02. The van der Waals surface area contributed by atoms with Crippen LogP contribution >= 0.6 is 0 Å². The smallest absolute Gasteiger partial charge is 0.258 e. The van der Waals surface area contributed by atoms with Gasteiger partial charge in [-0.25, -0.2) is 18.1 Å². The van der Waals surface area contributed by atoms with E-state index < -0.39 is 10.0 Å². The number of nitrogens with zero attached hydrogens (tertiary/aromatic N) is 1. The maximum atomic E-state index is 12.1. The molecule has 0 aromatic carbocycles. The molecule has 0 radical (unpaired) electrons. The summed E-state index contributed by atoms with van der Waals surface area (Å²) in [5.41, 5.74) is 0.570. The normalized spacial score (nSPS) is 13.4. The average Bonchev–Trinajstić information content (AvgIpc) is 2.39. The van der Waals surface area contributed by atoms with Crippen molar-refractivity contribution < 1.29 is 18.3 Å². The molecule has 1 unspecified atom stereocenters. The number of ether oxygens (including phenoxy) is 1. The lowest BCUT2D eigenvalue weighted by Crippen LogP contribution is -2.38. The number of aromatic nitrogens is 1. The van der Waals surface area contributed by atoms with Crippen LogP contribution in [-0.4, -0.2) is 38.3 Å². The van der Waals surface area contributed by atoms with Crippen LogP contribution in [0.2, 0.25) is 0 Å². The molecule has 1 aromatic rings. The second-order valence-electron chi connectivity index (χ2n) is 4.23. The molecule has 0 amide bonds. The number of nitrogens with one attached hydrogen (secondary N) is 1. The molecule has 0 fully saturated rings. The number of sulfonamides is 1. The Bertz CT molecular complexity index is 467. The Morgan fingerprint density at radius 1 is 1.47 bits per heavy atom. The van der Waals surface area contributed by atoms with Crippen LogP contribution in [-0.2, 0) is 21.4 Å². The van der Waals surface area contributed by atoms with Crippen LogP contribution in [0, 0.1) is 0 Å². The van der Waals surface area contributed by atoms with Gasteiger partial charge in [0, 0.05) is 19.3 Å². The molecule has 0 saturated heterocycles. The maximum absolute atomic E-state index is 12.1. The molecule has 1 heterocycles. The van der Waals surface area contributed by atoms with Crippen molar-refractivity contribution >= 4 is 10.0 Å². The predicted molar refractivity (Wildman–Crippen MR) is 71.1 cm³/mol. The number of hydrogen-bond acceptors (Lipinski definition) is 5. The second kappa shape index (κ2) is 7.54. The lowest BCUT2D eigenvalue weighted by molar-refractivity contribution is 0.171. The van der Waals surface area contributed by atoms with Crippen LogP contribution in [0.4, 0.5) is 0 Å². The van der Waals surface area contributed by atoms with Gasteiger partial charge in [-0.05, 0) is 18.1 Å². The van der Waals surface area contributed by atoms with E-state index >= 15 is 0 Å². The van der Waals surface area contributed by atoms with Gasteiger partial charge in [0.15, 0.2) is 5.03 Å². The van der Waals surface area contributed by atoms with Crippen LogP contribution in [0.3, 0.4) is 0 Å². The van der Waals surface area contributed by atoms with Gasteiger partial charge < -0.3 is 9.84 Å². The van der Waals surface area contributed by atoms with Crippen molar-refractivity contribution in [2.45, 2.75) is 37.4 Å². The van der Waals surface area contributed by atoms with E-state index in [1.54, 1.807) is 0 Å². The third-order valence-electron chi connectivity index (χ3n) is 2.58. The second-order valence-corrected chi connectivity index (χ2v) is 5.89.